The average Bonchev–Trinajstić information content (AvgIpc) is 2.55. The number of hydrogen-bond donors (Lipinski definition) is 1. The van der Waals surface area contributed by atoms with E-state index in [0.29, 0.717) is 17.1 Å². The zero-order chi connectivity index (χ0) is 18.6. The number of anilines is 1. The molecule has 5 nitrogen and oxygen atoms in total. The second-order valence-electron chi connectivity index (χ2n) is 5.90. The van der Waals surface area contributed by atoms with Gasteiger partial charge in [-0.05, 0) is 42.7 Å². The number of rotatable bonds is 6. The van der Waals surface area contributed by atoms with Gasteiger partial charge in [-0.25, -0.2) is 12.7 Å². The molecule has 25 heavy (non-hydrogen) atoms. The third-order valence-corrected chi connectivity index (χ3v) is 6.02. The first kappa shape index (κ1) is 19.4. The molecule has 0 aliphatic rings. The van der Waals surface area contributed by atoms with Crippen molar-refractivity contribution in [1.29, 1.82) is 0 Å². The minimum absolute atomic E-state index is 0.143. The van der Waals surface area contributed by atoms with Crippen molar-refractivity contribution in [1.82, 2.24) is 4.31 Å². The van der Waals surface area contributed by atoms with Gasteiger partial charge in [0.05, 0.1) is 4.90 Å². The van der Waals surface area contributed by atoms with Crippen LogP contribution in [0.2, 0.25) is 5.02 Å². The van der Waals surface area contributed by atoms with Crippen LogP contribution in [0, 0.1) is 6.92 Å². The molecule has 0 saturated carbocycles. The molecule has 7 heteroatoms. The van der Waals surface area contributed by atoms with Crippen LogP contribution in [0.5, 0.6) is 0 Å². The molecule has 2 aromatic rings. The number of carbonyl (C=O) groups is 1. The maximum atomic E-state index is 12.2. The number of hydrogen-bond acceptors (Lipinski definition) is 3. The van der Waals surface area contributed by atoms with Crippen molar-refractivity contribution in [3.8, 4) is 0 Å². The Balaban J connectivity index is 2.12. The Hall–Kier alpha value is -1.89. The van der Waals surface area contributed by atoms with Gasteiger partial charge in [-0.1, -0.05) is 35.9 Å². The topological polar surface area (TPSA) is 66.5 Å². The molecule has 1 N–H and O–H groups in total. The summed E-state index contributed by atoms with van der Waals surface area (Å²) >= 11 is 6.09. The number of carbonyl (C=O) groups excluding carboxylic acids is 1. The SMILES string of the molecule is Cc1ccc(S(=O)(=O)N(C)C)cc1NC(=O)CCc1ccccc1Cl. The molecule has 2 aromatic carbocycles. The van der Waals surface area contributed by atoms with Crippen LogP contribution in [-0.2, 0) is 21.2 Å². The Bertz CT molecular complexity index is 880. The minimum atomic E-state index is -3.55. The molecule has 1 amide bonds. The van der Waals surface area contributed by atoms with E-state index in [9.17, 15) is 13.2 Å². The van der Waals surface area contributed by atoms with Crippen LogP contribution in [0.4, 0.5) is 5.69 Å². The second kappa shape index (κ2) is 7.99. The van der Waals surface area contributed by atoms with Crippen molar-refractivity contribution in [3.05, 3.63) is 58.6 Å². The van der Waals surface area contributed by atoms with Crippen LogP contribution in [0.3, 0.4) is 0 Å². The van der Waals surface area contributed by atoms with Gasteiger partial charge in [0.25, 0.3) is 0 Å². The van der Waals surface area contributed by atoms with Crippen LogP contribution < -0.4 is 5.32 Å². The van der Waals surface area contributed by atoms with Gasteiger partial charge in [-0.3, -0.25) is 4.79 Å². The summed E-state index contributed by atoms with van der Waals surface area (Å²) in [5, 5.41) is 3.42. The van der Waals surface area contributed by atoms with Crippen LogP contribution >= 0.6 is 11.6 Å². The number of amides is 1. The second-order valence-corrected chi connectivity index (χ2v) is 8.46. The third kappa shape index (κ3) is 4.81. The van der Waals surface area contributed by atoms with Gasteiger partial charge in [0.15, 0.2) is 0 Å². The monoisotopic (exact) mass is 380 g/mol. The number of sulfonamides is 1. The molecule has 0 aliphatic carbocycles. The molecule has 0 aliphatic heterocycles. The van der Waals surface area contributed by atoms with Crippen molar-refractivity contribution in [2.24, 2.45) is 0 Å². The average molecular weight is 381 g/mol. The molecule has 0 radical (unpaired) electrons. The number of aryl methyl sites for hydroxylation is 2. The Morgan fingerprint density at radius 1 is 1.16 bits per heavy atom. The molecule has 0 spiro atoms. The Labute approximate surface area is 153 Å². The van der Waals surface area contributed by atoms with Crippen molar-refractivity contribution in [3.63, 3.8) is 0 Å². The minimum Gasteiger partial charge on any atom is -0.326 e. The maximum Gasteiger partial charge on any atom is 0.242 e. The predicted molar refractivity (Wildman–Crippen MR) is 100 cm³/mol. The molecule has 0 bridgehead atoms. The van der Waals surface area contributed by atoms with E-state index in [1.165, 1.54) is 26.2 Å². The van der Waals surface area contributed by atoms with E-state index in [1.54, 1.807) is 12.1 Å². The lowest BCUT2D eigenvalue weighted by atomic mass is 10.1. The van der Waals surface area contributed by atoms with E-state index >= 15 is 0 Å². The highest BCUT2D eigenvalue weighted by atomic mass is 35.5. The van der Waals surface area contributed by atoms with Crippen molar-refractivity contribution < 1.29 is 13.2 Å². The quantitative estimate of drug-likeness (QED) is 0.834. The zero-order valence-electron chi connectivity index (χ0n) is 14.4. The van der Waals surface area contributed by atoms with Crippen LogP contribution in [-0.4, -0.2) is 32.7 Å². The molecule has 2 rings (SSSR count). The van der Waals surface area contributed by atoms with E-state index in [0.717, 1.165) is 15.4 Å². The van der Waals surface area contributed by atoms with E-state index in [2.05, 4.69) is 5.32 Å². The first-order valence-electron chi connectivity index (χ1n) is 7.78. The van der Waals surface area contributed by atoms with Gasteiger partial charge >= 0.3 is 0 Å². The molecular formula is C18H21ClN2O3S. The first-order chi connectivity index (χ1) is 11.7. The molecule has 0 aromatic heterocycles. The lowest BCUT2D eigenvalue weighted by molar-refractivity contribution is -0.116. The molecule has 0 atom stereocenters. The Morgan fingerprint density at radius 3 is 2.48 bits per heavy atom. The standard InChI is InChI=1S/C18H21ClN2O3S/c1-13-8-10-15(25(23,24)21(2)3)12-17(13)20-18(22)11-9-14-6-4-5-7-16(14)19/h4-8,10,12H,9,11H2,1-3H3,(H,20,22). The molecule has 0 saturated heterocycles. The van der Waals surface area contributed by atoms with Gasteiger partial charge in [0, 0.05) is 31.2 Å². The van der Waals surface area contributed by atoms with Crippen molar-refractivity contribution in [2.45, 2.75) is 24.7 Å². The highest BCUT2D eigenvalue weighted by Crippen LogP contribution is 2.23. The predicted octanol–water partition coefficient (Wildman–Crippen LogP) is 3.47. The van der Waals surface area contributed by atoms with Gasteiger partial charge in [0.1, 0.15) is 0 Å². The Kier molecular flexibility index (Phi) is 6.21. The highest BCUT2D eigenvalue weighted by Gasteiger charge is 2.18. The molecule has 134 valence electrons. The van der Waals surface area contributed by atoms with Crippen LogP contribution in [0.15, 0.2) is 47.4 Å². The summed E-state index contributed by atoms with van der Waals surface area (Å²) in [7, 11) is -0.610. The third-order valence-electron chi connectivity index (χ3n) is 3.84. The molecular weight excluding hydrogens is 360 g/mol. The summed E-state index contributed by atoms with van der Waals surface area (Å²) < 4.78 is 25.6. The highest BCUT2D eigenvalue weighted by molar-refractivity contribution is 7.89. The summed E-state index contributed by atoms with van der Waals surface area (Å²) in [6.45, 7) is 1.82. The molecule has 0 fully saturated rings. The van der Waals surface area contributed by atoms with Gasteiger partial charge in [-0.2, -0.15) is 0 Å². The fraction of sp³-hybridized carbons (Fsp3) is 0.278. The largest absolute Gasteiger partial charge is 0.326 e. The van der Waals surface area contributed by atoms with Crippen LogP contribution in [0.25, 0.3) is 0 Å². The summed E-state index contributed by atoms with van der Waals surface area (Å²) in [5.41, 5.74) is 2.19. The fourth-order valence-corrected chi connectivity index (χ4v) is 3.43. The van der Waals surface area contributed by atoms with E-state index in [4.69, 9.17) is 11.6 Å². The van der Waals surface area contributed by atoms with Gasteiger partial charge in [0.2, 0.25) is 15.9 Å². The number of benzene rings is 2. The summed E-state index contributed by atoms with van der Waals surface area (Å²) in [6, 6.07) is 12.1. The molecule has 0 unspecified atom stereocenters. The van der Waals surface area contributed by atoms with Crippen molar-refractivity contribution >= 4 is 33.2 Å². The maximum absolute atomic E-state index is 12.2. The van der Waals surface area contributed by atoms with Crippen molar-refractivity contribution in [2.75, 3.05) is 19.4 Å². The summed E-state index contributed by atoms with van der Waals surface area (Å²) in [4.78, 5) is 12.4. The number of nitrogens with one attached hydrogen (secondary N) is 1. The van der Waals surface area contributed by atoms with E-state index in [1.807, 2.05) is 25.1 Å². The van der Waals surface area contributed by atoms with Gasteiger partial charge < -0.3 is 5.32 Å². The lowest BCUT2D eigenvalue weighted by Crippen LogP contribution is -2.22. The van der Waals surface area contributed by atoms with Crippen LogP contribution in [0.1, 0.15) is 17.5 Å². The lowest BCUT2D eigenvalue weighted by Gasteiger charge is -2.14. The normalized spacial score (nSPS) is 11.6. The summed E-state index contributed by atoms with van der Waals surface area (Å²) in [6.07, 6.45) is 0.772. The smallest absolute Gasteiger partial charge is 0.242 e. The van der Waals surface area contributed by atoms with E-state index in [-0.39, 0.29) is 17.2 Å². The number of nitrogens with zero attached hydrogens (tertiary/aromatic N) is 1. The number of halogens is 1. The first-order valence-corrected chi connectivity index (χ1v) is 9.60. The molecule has 0 heterocycles. The van der Waals surface area contributed by atoms with E-state index < -0.39 is 10.0 Å². The Morgan fingerprint density at radius 2 is 1.84 bits per heavy atom. The van der Waals surface area contributed by atoms with Gasteiger partial charge in [-0.15, -0.1) is 0 Å². The zero-order valence-corrected chi connectivity index (χ0v) is 16.0. The fourth-order valence-electron chi connectivity index (χ4n) is 2.27. The summed E-state index contributed by atoms with van der Waals surface area (Å²) in [5.74, 6) is -0.192.